The fourth-order valence-corrected chi connectivity index (χ4v) is 7.97. The lowest BCUT2D eigenvalue weighted by Crippen LogP contribution is -2.16. The van der Waals surface area contributed by atoms with Crippen LogP contribution in [-0.4, -0.2) is 159 Å². The topological polar surface area (TPSA) is 148 Å². The van der Waals surface area contributed by atoms with Gasteiger partial charge in [0.2, 0.25) is 0 Å². The van der Waals surface area contributed by atoms with Crippen molar-refractivity contribution >= 4 is 21.5 Å². The Hall–Kier alpha value is -5.30. The van der Waals surface area contributed by atoms with Crippen LogP contribution in [0, 0.1) is 0 Å². The molecule has 0 bridgehead atoms. The highest BCUT2D eigenvalue weighted by Gasteiger charge is 2.20. The first-order chi connectivity index (χ1) is 34.7. The molecule has 5 aromatic carbocycles. The summed E-state index contributed by atoms with van der Waals surface area (Å²) in [5.74, 6) is 5.12. The van der Waals surface area contributed by atoms with Gasteiger partial charge in [0.1, 0.15) is 52.9 Å². The van der Waals surface area contributed by atoms with E-state index in [1.165, 1.54) is 0 Å². The van der Waals surface area contributed by atoms with Crippen molar-refractivity contribution in [3.8, 4) is 46.0 Å². The fourth-order valence-electron chi connectivity index (χ4n) is 7.97. The zero-order valence-corrected chi connectivity index (χ0v) is 40.8. The van der Waals surface area contributed by atoms with Crippen LogP contribution in [0.15, 0.2) is 72.8 Å². The molecule has 2 aliphatic rings. The van der Waals surface area contributed by atoms with E-state index >= 15 is 0 Å². The summed E-state index contributed by atoms with van der Waals surface area (Å²) >= 11 is 0. The predicted molar refractivity (Wildman–Crippen MR) is 264 cm³/mol. The Bertz CT molecular complexity index is 1980. The Morgan fingerprint density at radius 2 is 0.414 bits per heavy atom. The molecular formula is C54H70O16. The lowest BCUT2D eigenvalue weighted by molar-refractivity contribution is 0.0223. The number of hydrogen-bond acceptors (Lipinski definition) is 16. The highest BCUT2D eigenvalue weighted by molar-refractivity contribution is 6.08. The normalized spacial score (nSPS) is 18.2. The van der Waals surface area contributed by atoms with E-state index < -0.39 is 0 Å². The Morgan fingerprint density at radius 3 is 0.600 bits per heavy atom. The van der Waals surface area contributed by atoms with Crippen molar-refractivity contribution in [1.29, 1.82) is 0 Å². The van der Waals surface area contributed by atoms with Crippen LogP contribution in [0.3, 0.4) is 0 Å². The first-order valence-corrected chi connectivity index (χ1v) is 24.6. The van der Waals surface area contributed by atoms with Gasteiger partial charge in [-0.15, -0.1) is 0 Å². The second-order valence-electron chi connectivity index (χ2n) is 15.9. The van der Waals surface area contributed by atoms with E-state index in [-0.39, 0.29) is 0 Å². The molecule has 0 radical (unpaired) electrons. The second kappa shape index (κ2) is 30.4. The first-order valence-electron chi connectivity index (χ1n) is 24.6. The third-order valence-electron chi connectivity index (χ3n) is 11.2. The van der Waals surface area contributed by atoms with Gasteiger partial charge in [-0.25, -0.2) is 0 Å². The Labute approximate surface area is 411 Å². The molecule has 0 atom stereocenters. The highest BCUT2D eigenvalue weighted by Crippen LogP contribution is 2.44. The van der Waals surface area contributed by atoms with Crippen LogP contribution in [0.2, 0.25) is 0 Å². The largest absolute Gasteiger partial charge is 0.487 e. The maximum atomic E-state index is 6.44. The summed E-state index contributed by atoms with van der Waals surface area (Å²) in [5, 5.41) is 4.29. The van der Waals surface area contributed by atoms with Gasteiger partial charge in [-0.1, -0.05) is 38.1 Å². The van der Waals surface area contributed by atoms with E-state index in [9.17, 15) is 0 Å². The molecule has 5 aromatic rings. The van der Waals surface area contributed by atoms with Crippen LogP contribution in [0.4, 0.5) is 0 Å². The fraction of sp³-hybridized carbons (Fsp3) is 0.519. The number of para-hydroxylation sites is 4. The van der Waals surface area contributed by atoms with E-state index in [2.05, 4.69) is 38.1 Å². The molecule has 2 aliphatic heterocycles. The van der Waals surface area contributed by atoms with E-state index in [1.807, 2.05) is 48.5 Å². The average molecular weight is 975 g/mol. The summed E-state index contributed by atoms with van der Waals surface area (Å²) in [6.07, 6.45) is 1.50. The van der Waals surface area contributed by atoms with Crippen molar-refractivity contribution in [3.63, 3.8) is 0 Å². The molecule has 16 nitrogen and oxygen atoms in total. The number of ether oxygens (including phenoxy) is 16. The molecule has 0 aliphatic carbocycles. The average Bonchev–Trinajstić information content (AvgIpc) is 3.38. The van der Waals surface area contributed by atoms with Gasteiger partial charge in [0.05, 0.1) is 106 Å². The van der Waals surface area contributed by atoms with Crippen LogP contribution >= 0.6 is 0 Å². The van der Waals surface area contributed by atoms with Crippen LogP contribution in [0.5, 0.6) is 46.0 Å². The van der Waals surface area contributed by atoms with Gasteiger partial charge in [0.15, 0.2) is 46.0 Å². The van der Waals surface area contributed by atoms with Gasteiger partial charge >= 0.3 is 0 Å². The quantitative estimate of drug-likeness (QED) is 0.159. The monoisotopic (exact) mass is 974 g/mol. The molecule has 7 rings (SSSR count). The van der Waals surface area contributed by atoms with Crippen molar-refractivity contribution in [1.82, 2.24) is 0 Å². The smallest absolute Gasteiger partial charge is 0.161 e. The van der Waals surface area contributed by atoms with Gasteiger partial charge < -0.3 is 75.8 Å². The van der Waals surface area contributed by atoms with E-state index in [4.69, 9.17) is 75.8 Å². The molecule has 0 fully saturated rings. The number of fused-ring (bicyclic) bond motifs is 6. The molecule has 382 valence electrons. The van der Waals surface area contributed by atoms with Gasteiger partial charge in [0, 0.05) is 0 Å². The molecular weight excluding hydrogens is 905 g/mol. The Balaban J connectivity index is 1.06. The van der Waals surface area contributed by atoms with Crippen LogP contribution in [-0.2, 0) is 50.7 Å². The van der Waals surface area contributed by atoms with Crippen LogP contribution < -0.4 is 37.9 Å². The number of aryl methyl sites for hydroxylation is 2. The van der Waals surface area contributed by atoms with Gasteiger partial charge in [0.25, 0.3) is 0 Å². The van der Waals surface area contributed by atoms with Gasteiger partial charge in [-0.3, -0.25) is 0 Å². The van der Waals surface area contributed by atoms with Crippen molar-refractivity contribution in [3.05, 3.63) is 83.9 Å². The first kappa shape index (κ1) is 52.5. The Kier molecular flexibility index (Phi) is 22.8. The zero-order chi connectivity index (χ0) is 48.3. The summed E-state index contributed by atoms with van der Waals surface area (Å²) < 4.78 is 96.1. The van der Waals surface area contributed by atoms with Crippen molar-refractivity contribution in [2.75, 3.05) is 159 Å². The molecule has 0 spiro atoms. The molecule has 0 amide bonds. The second-order valence-corrected chi connectivity index (χ2v) is 15.9. The minimum absolute atomic E-state index is 0.313. The molecule has 0 N–H and O–H groups in total. The van der Waals surface area contributed by atoms with E-state index in [0.29, 0.717) is 205 Å². The third-order valence-corrected chi connectivity index (χ3v) is 11.2. The summed E-state index contributed by atoms with van der Waals surface area (Å²) in [6.45, 7) is 13.5. The minimum Gasteiger partial charge on any atom is -0.487 e. The SMILES string of the molecule is CCc1c2cc3c(cc2c(CC)c2cc4c(cc12)OCCOCCOCCOc1ccccc1OCCOCCOCCO4)OCCOCCOCCOc1ccccc1OCCOCCOCCO3. The minimum atomic E-state index is 0.313. The maximum Gasteiger partial charge on any atom is 0.161 e. The lowest BCUT2D eigenvalue weighted by atomic mass is 9.89. The van der Waals surface area contributed by atoms with Crippen LogP contribution in [0.1, 0.15) is 25.0 Å². The molecule has 0 saturated heterocycles. The van der Waals surface area contributed by atoms with Gasteiger partial charge in [-0.05, 0) is 94.0 Å². The standard InChI is InChI=1S/C54H70O16/c1-3-41-43-37-51-53(69-35-27-61-19-15-57-23-31-65-49-11-7-5-9-47(49)63-29-21-55-13-17-59-25-33-67-51)39-45(43)42(4-2)46-40-54-52(38-44(41)46)68-34-26-60-18-14-56-22-30-64-48-10-6-8-12-50(48)66-32-24-58-16-20-62-28-36-70-54/h5-12,37-40H,3-4,13-36H2,1-2H3. The number of rotatable bonds is 2. The predicted octanol–water partition coefficient (Wildman–Crippen LogP) is 7.71. The summed E-state index contributed by atoms with van der Waals surface area (Å²) in [4.78, 5) is 0. The molecule has 0 aromatic heterocycles. The molecule has 70 heavy (non-hydrogen) atoms. The Morgan fingerprint density at radius 1 is 0.243 bits per heavy atom. The highest BCUT2D eigenvalue weighted by atomic mass is 16.6. The molecule has 0 unspecified atom stereocenters. The summed E-state index contributed by atoms with van der Waals surface area (Å²) in [5.41, 5.74) is 2.30. The maximum absolute atomic E-state index is 6.44. The lowest BCUT2D eigenvalue weighted by Gasteiger charge is -2.21. The summed E-state index contributed by atoms with van der Waals surface area (Å²) in [7, 11) is 0. The number of benzene rings is 5. The van der Waals surface area contributed by atoms with E-state index in [1.54, 1.807) is 0 Å². The molecule has 0 saturated carbocycles. The van der Waals surface area contributed by atoms with Gasteiger partial charge in [-0.2, -0.15) is 0 Å². The van der Waals surface area contributed by atoms with Crippen molar-refractivity contribution < 1.29 is 75.8 Å². The van der Waals surface area contributed by atoms with Crippen molar-refractivity contribution in [2.45, 2.75) is 26.7 Å². The van der Waals surface area contributed by atoms with Crippen molar-refractivity contribution in [2.24, 2.45) is 0 Å². The van der Waals surface area contributed by atoms with E-state index in [0.717, 1.165) is 45.5 Å². The van der Waals surface area contributed by atoms with Crippen LogP contribution in [0.25, 0.3) is 21.5 Å². The number of hydrogen-bond donors (Lipinski definition) is 0. The zero-order valence-electron chi connectivity index (χ0n) is 40.8. The molecule has 2 heterocycles. The third kappa shape index (κ3) is 16.4. The summed E-state index contributed by atoms with van der Waals surface area (Å²) in [6, 6.07) is 23.5. The molecule has 16 heteroatoms.